The highest BCUT2D eigenvalue weighted by Gasteiger charge is 2.34. The van der Waals surface area contributed by atoms with Crippen LogP contribution >= 0.6 is 23.2 Å². The van der Waals surface area contributed by atoms with Gasteiger partial charge in [-0.1, -0.05) is 67.7 Å². The Bertz CT molecular complexity index is 1480. The fraction of sp³-hybridized carbons (Fsp3) is 0.375. The maximum atomic E-state index is 14.2. The standard InChI is InChI=1S/C32H39Cl2N3O5S/c1-6-30(32(39)35-19-22(3)4)36(20-27-28(33)9-8-10-29(27)34)31(38)21-37(24-13-15-25(16-14-24)42-7-2)43(40,41)26-17-11-23(5)12-18-26/h8-18,22,30H,6-7,19-21H2,1-5H3,(H,35,39)/t30-/m1/s1. The quantitative estimate of drug-likeness (QED) is 0.216. The van der Waals surface area contributed by atoms with Crippen molar-refractivity contribution in [2.24, 2.45) is 5.92 Å². The van der Waals surface area contributed by atoms with Crippen LogP contribution < -0.4 is 14.4 Å². The predicted octanol–water partition coefficient (Wildman–Crippen LogP) is 6.48. The van der Waals surface area contributed by atoms with Gasteiger partial charge in [-0.2, -0.15) is 0 Å². The van der Waals surface area contributed by atoms with Crippen molar-refractivity contribution in [3.05, 3.63) is 87.9 Å². The van der Waals surface area contributed by atoms with E-state index in [9.17, 15) is 18.0 Å². The summed E-state index contributed by atoms with van der Waals surface area (Å²) in [5.41, 5.74) is 1.62. The van der Waals surface area contributed by atoms with Crippen LogP contribution in [-0.2, 0) is 26.2 Å². The van der Waals surface area contributed by atoms with Gasteiger partial charge in [0.25, 0.3) is 10.0 Å². The molecule has 0 heterocycles. The molecule has 3 aromatic rings. The molecule has 11 heteroatoms. The van der Waals surface area contributed by atoms with Gasteiger partial charge in [0.1, 0.15) is 18.3 Å². The summed E-state index contributed by atoms with van der Waals surface area (Å²) in [4.78, 5) is 29.0. The van der Waals surface area contributed by atoms with E-state index in [-0.39, 0.29) is 35.4 Å². The number of hydrogen-bond donors (Lipinski definition) is 1. The molecule has 0 aliphatic carbocycles. The number of hydrogen-bond acceptors (Lipinski definition) is 5. The first-order chi connectivity index (χ1) is 20.4. The van der Waals surface area contributed by atoms with E-state index in [1.807, 2.05) is 27.7 Å². The van der Waals surface area contributed by atoms with Gasteiger partial charge in [0.2, 0.25) is 11.8 Å². The zero-order chi connectivity index (χ0) is 31.7. The number of ether oxygens (including phenoxy) is 1. The first-order valence-corrected chi connectivity index (χ1v) is 16.4. The topological polar surface area (TPSA) is 96.0 Å². The van der Waals surface area contributed by atoms with E-state index in [4.69, 9.17) is 27.9 Å². The zero-order valence-electron chi connectivity index (χ0n) is 25.1. The summed E-state index contributed by atoms with van der Waals surface area (Å²) in [7, 11) is -4.20. The fourth-order valence-electron chi connectivity index (χ4n) is 4.44. The van der Waals surface area contributed by atoms with Crippen LogP contribution in [0.4, 0.5) is 5.69 Å². The van der Waals surface area contributed by atoms with Gasteiger partial charge >= 0.3 is 0 Å². The number of carbonyl (C=O) groups excluding carboxylic acids is 2. The van der Waals surface area contributed by atoms with Crippen LogP contribution in [0.1, 0.15) is 45.2 Å². The molecule has 3 rings (SSSR count). The maximum absolute atomic E-state index is 14.2. The predicted molar refractivity (Wildman–Crippen MR) is 172 cm³/mol. The molecule has 0 unspecified atom stereocenters. The second-order valence-electron chi connectivity index (χ2n) is 10.5. The van der Waals surface area contributed by atoms with Crippen LogP contribution in [0.5, 0.6) is 5.75 Å². The third kappa shape index (κ3) is 8.87. The molecule has 2 amide bonds. The van der Waals surface area contributed by atoms with Crippen molar-refractivity contribution >= 4 is 50.7 Å². The molecule has 0 aliphatic heterocycles. The number of anilines is 1. The van der Waals surface area contributed by atoms with E-state index < -0.39 is 28.5 Å². The second-order valence-corrected chi connectivity index (χ2v) is 13.2. The van der Waals surface area contributed by atoms with Gasteiger partial charge in [-0.25, -0.2) is 8.42 Å². The van der Waals surface area contributed by atoms with E-state index in [0.717, 1.165) is 9.87 Å². The molecule has 0 bridgehead atoms. The van der Waals surface area contributed by atoms with Crippen molar-refractivity contribution in [3.63, 3.8) is 0 Å². The van der Waals surface area contributed by atoms with Gasteiger partial charge in [-0.3, -0.25) is 13.9 Å². The van der Waals surface area contributed by atoms with Gasteiger partial charge < -0.3 is 15.0 Å². The molecular formula is C32H39Cl2N3O5S. The number of sulfonamides is 1. The van der Waals surface area contributed by atoms with E-state index in [2.05, 4.69) is 5.32 Å². The lowest BCUT2D eigenvalue weighted by molar-refractivity contribution is -0.140. The minimum absolute atomic E-state index is 0.0298. The Kier molecular flexibility index (Phi) is 12.3. The average molecular weight is 649 g/mol. The zero-order valence-corrected chi connectivity index (χ0v) is 27.5. The maximum Gasteiger partial charge on any atom is 0.264 e. The number of benzene rings is 3. The van der Waals surface area contributed by atoms with Crippen LogP contribution in [0, 0.1) is 12.8 Å². The number of rotatable bonds is 14. The molecule has 1 atom stereocenters. The first kappa shape index (κ1) is 34.2. The minimum atomic E-state index is -4.20. The molecule has 0 fully saturated rings. The van der Waals surface area contributed by atoms with Crippen LogP contribution in [0.2, 0.25) is 10.0 Å². The van der Waals surface area contributed by atoms with Crippen LogP contribution in [-0.4, -0.2) is 50.9 Å². The third-order valence-corrected chi connectivity index (χ3v) is 9.28. The van der Waals surface area contributed by atoms with Crippen LogP contribution in [0.15, 0.2) is 71.6 Å². The molecule has 0 aromatic heterocycles. The summed E-state index contributed by atoms with van der Waals surface area (Å²) in [6, 6.07) is 17.0. The van der Waals surface area contributed by atoms with Gasteiger partial charge in [0.15, 0.2) is 0 Å². The third-order valence-electron chi connectivity index (χ3n) is 6.78. The monoisotopic (exact) mass is 647 g/mol. The highest BCUT2D eigenvalue weighted by Crippen LogP contribution is 2.29. The second kappa shape index (κ2) is 15.5. The Morgan fingerprint density at radius 3 is 2.07 bits per heavy atom. The van der Waals surface area contributed by atoms with Crippen molar-refractivity contribution in [3.8, 4) is 5.75 Å². The molecule has 0 spiro atoms. The molecule has 0 aliphatic rings. The number of nitrogens with one attached hydrogen (secondary N) is 1. The molecule has 0 saturated carbocycles. The Balaban J connectivity index is 2.09. The first-order valence-electron chi connectivity index (χ1n) is 14.2. The van der Waals surface area contributed by atoms with E-state index in [0.29, 0.717) is 34.5 Å². The van der Waals surface area contributed by atoms with Crippen molar-refractivity contribution in [2.45, 2.75) is 58.5 Å². The minimum Gasteiger partial charge on any atom is -0.494 e. The highest BCUT2D eigenvalue weighted by molar-refractivity contribution is 7.92. The van der Waals surface area contributed by atoms with Gasteiger partial charge in [-0.05, 0) is 74.7 Å². The molecule has 232 valence electrons. The van der Waals surface area contributed by atoms with E-state index >= 15 is 0 Å². The number of amides is 2. The Morgan fingerprint density at radius 1 is 0.930 bits per heavy atom. The number of nitrogens with zero attached hydrogens (tertiary/aromatic N) is 2. The normalized spacial score (nSPS) is 12.1. The van der Waals surface area contributed by atoms with E-state index in [1.165, 1.54) is 17.0 Å². The molecular weight excluding hydrogens is 609 g/mol. The molecule has 0 radical (unpaired) electrons. The highest BCUT2D eigenvalue weighted by atomic mass is 35.5. The van der Waals surface area contributed by atoms with Crippen molar-refractivity contribution in [1.29, 1.82) is 0 Å². The Hall–Kier alpha value is -3.27. The lowest BCUT2D eigenvalue weighted by Gasteiger charge is -2.33. The number of halogens is 2. The van der Waals surface area contributed by atoms with Crippen molar-refractivity contribution in [1.82, 2.24) is 10.2 Å². The molecule has 0 saturated heterocycles. The van der Waals surface area contributed by atoms with Crippen LogP contribution in [0.25, 0.3) is 0 Å². The smallest absolute Gasteiger partial charge is 0.264 e. The molecule has 43 heavy (non-hydrogen) atoms. The average Bonchev–Trinajstić information content (AvgIpc) is 2.97. The summed E-state index contributed by atoms with van der Waals surface area (Å²) in [5, 5.41) is 3.57. The molecule has 1 N–H and O–H groups in total. The van der Waals surface area contributed by atoms with Gasteiger partial charge in [0, 0.05) is 28.7 Å². The summed E-state index contributed by atoms with van der Waals surface area (Å²) in [6.07, 6.45) is 0.283. The number of aryl methyl sites for hydroxylation is 1. The van der Waals surface area contributed by atoms with Crippen molar-refractivity contribution in [2.75, 3.05) is 24.0 Å². The molecule has 8 nitrogen and oxygen atoms in total. The Labute approximate surface area is 265 Å². The SMILES string of the molecule is CCOc1ccc(N(CC(=O)N(Cc2c(Cl)cccc2Cl)[C@H](CC)C(=O)NCC(C)C)S(=O)(=O)c2ccc(C)cc2)cc1. The largest absolute Gasteiger partial charge is 0.494 e. The Morgan fingerprint density at radius 2 is 1.53 bits per heavy atom. The summed E-state index contributed by atoms with van der Waals surface area (Å²) in [5.74, 6) is -0.180. The van der Waals surface area contributed by atoms with Gasteiger partial charge in [-0.15, -0.1) is 0 Å². The lowest BCUT2D eigenvalue weighted by Crippen LogP contribution is -2.52. The summed E-state index contributed by atoms with van der Waals surface area (Å²) < 4.78 is 34.6. The fourth-order valence-corrected chi connectivity index (χ4v) is 6.37. The van der Waals surface area contributed by atoms with Crippen LogP contribution in [0.3, 0.4) is 0 Å². The summed E-state index contributed by atoms with van der Waals surface area (Å²) >= 11 is 12.9. The lowest BCUT2D eigenvalue weighted by atomic mass is 10.1. The molecule has 3 aromatic carbocycles. The van der Waals surface area contributed by atoms with Gasteiger partial charge in [0.05, 0.1) is 17.2 Å². The van der Waals surface area contributed by atoms with E-state index in [1.54, 1.807) is 61.5 Å². The van der Waals surface area contributed by atoms with Crippen molar-refractivity contribution < 1.29 is 22.7 Å². The number of carbonyl (C=O) groups is 2. The summed E-state index contributed by atoms with van der Waals surface area (Å²) in [6.45, 7) is 9.65.